The third kappa shape index (κ3) is 4.07. The standard InChI is InChI=1S/C18H20N2O3/c21-17-9-4-8-16(17)18(22)20-13-6-3-7-15(11-13)23-12-14-5-1-2-10-19-14/h1-3,5-7,10-11,16-17,21H,4,8-9,12H2,(H,20,22). The minimum atomic E-state index is -0.529. The maximum absolute atomic E-state index is 12.2. The Hall–Kier alpha value is -2.40. The maximum Gasteiger partial charge on any atom is 0.230 e. The second-order valence-electron chi connectivity index (χ2n) is 5.73. The van der Waals surface area contributed by atoms with Crippen LogP contribution in [0.15, 0.2) is 48.7 Å². The Balaban J connectivity index is 1.60. The lowest BCUT2D eigenvalue weighted by Crippen LogP contribution is -2.28. The number of benzene rings is 1. The molecule has 0 bridgehead atoms. The van der Waals surface area contributed by atoms with Crippen molar-refractivity contribution in [2.45, 2.75) is 32.0 Å². The van der Waals surface area contributed by atoms with Crippen LogP contribution in [0.5, 0.6) is 5.75 Å². The van der Waals surface area contributed by atoms with Crippen LogP contribution in [0, 0.1) is 5.92 Å². The van der Waals surface area contributed by atoms with Gasteiger partial charge in [0.2, 0.25) is 5.91 Å². The van der Waals surface area contributed by atoms with Crippen LogP contribution < -0.4 is 10.1 Å². The molecule has 5 heteroatoms. The Bertz CT molecular complexity index is 660. The van der Waals surface area contributed by atoms with Crippen LogP contribution >= 0.6 is 0 Å². The van der Waals surface area contributed by atoms with Crippen molar-refractivity contribution >= 4 is 11.6 Å². The van der Waals surface area contributed by atoms with Gasteiger partial charge in [0.1, 0.15) is 12.4 Å². The molecule has 2 N–H and O–H groups in total. The number of nitrogens with one attached hydrogen (secondary N) is 1. The summed E-state index contributed by atoms with van der Waals surface area (Å²) in [6, 6.07) is 12.9. The highest BCUT2D eigenvalue weighted by atomic mass is 16.5. The van der Waals surface area contributed by atoms with Crippen molar-refractivity contribution in [2.75, 3.05) is 5.32 Å². The Morgan fingerprint density at radius 1 is 1.26 bits per heavy atom. The molecule has 1 amide bonds. The summed E-state index contributed by atoms with van der Waals surface area (Å²) in [4.78, 5) is 16.4. The molecule has 1 saturated carbocycles. The van der Waals surface area contributed by atoms with E-state index in [0.717, 1.165) is 18.5 Å². The Morgan fingerprint density at radius 3 is 2.91 bits per heavy atom. The molecule has 2 atom stereocenters. The molecule has 0 aliphatic heterocycles. The Kier molecular flexibility index (Phi) is 4.88. The summed E-state index contributed by atoms with van der Waals surface area (Å²) < 4.78 is 5.70. The smallest absolute Gasteiger partial charge is 0.230 e. The topological polar surface area (TPSA) is 71.5 Å². The molecule has 1 aromatic carbocycles. The zero-order valence-electron chi connectivity index (χ0n) is 12.8. The number of carbonyl (C=O) groups is 1. The number of carbonyl (C=O) groups excluding carboxylic acids is 1. The van der Waals surface area contributed by atoms with Crippen LogP contribution in [-0.4, -0.2) is 22.1 Å². The minimum Gasteiger partial charge on any atom is -0.487 e. The largest absolute Gasteiger partial charge is 0.487 e. The molecule has 1 aliphatic rings. The van der Waals surface area contributed by atoms with E-state index in [0.29, 0.717) is 24.5 Å². The lowest BCUT2D eigenvalue weighted by Gasteiger charge is -2.15. The van der Waals surface area contributed by atoms with Crippen LogP contribution in [-0.2, 0) is 11.4 Å². The summed E-state index contributed by atoms with van der Waals surface area (Å²) in [6.07, 6.45) is 3.53. The molecule has 2 unspecified atom stereocenters. The fourth-order valence-electron chi connectivity index (χ4n) is 2.79. The van der Waals surface area contributed by atoms with Crippen molar-refractivity contribution in [1.82, 2.24) is 4.98 Å². The van der Waals surface area contributed by atoms with Gasteiger partial charge in [-0.2, -0.15) is 0 Å². The van der Waals surface area contributed by atoms with Crippen molar-refractivity contribution < 1.29 is 14.6 Å². The van der Waals surface area contributed by atoms with Crippen LogP contribution in [0.1, 0.15) is 25.0 Å². The van der Waals surface area contributed by atoms with E-state index >= 15 is 0 Å². The van der Waals surface area contributed by atoms with Gasteiger partial charge in [0, 0.05) is 18.0 Å². The van der Waals surface area contributed by atoms with E-state index < -0.39 is 6.10 Å². The SMILES string of the molecule is O=C(Nc1cccc(OCc2ccccn2)c1)C1CCCC1O. The molecular formula is C18H20N2O3. The van der Waals surface area contributed by atoms with Crippen molar-refractivity contribution in [1.29, 1.82) is 0 Å². The number of aromatic nitrogens is 1. The van der Waals surface area contributed by atoms with Crippen LogP contribution in [0.25, 0.3) is 0 Å². The van der Waals surface area contributed by atoms with E-state index in [9.17, 15) is 9.90 Å². The summed E-state index contributed by atoms with van der Waals surface area (Å²) >= 11 is 0. The molecule has 1 aromatic heterocycles. The number of rotatable bonds is 5. The number of amides is 1. The van der Waals surface area contributed by atoms with Gasteiger partial charge < -0.3 is 15.2 Å². The Morgan fingerprint density at radius 2 is 2.17 bits per heavy atom. The molecular weight excluding hydrogens is 292 g/mol. The summed E-state index contributed by atoms with van der Waals surface area (Å²) in [5.41, 5.74) is 1.52. The second kappa shape index (κ2) is 7.24. The van der Waals surface area contributed by atoms with Gasteiger partial charge in [-0.25, -0.2) is 0 Å². The van der Waals surface area contributed by atoms with Gasteiger partial charge in [0.15, 0.2) is 0 Å². The van der Waals surface area contributed by atoms with Gasteiger partial charge in [-0.3, -0.25) is 9.78 Å². The van der Waals surface area contributed by atoms with Crippen molar-refractivity contribution in [3.8, 4) is 5.75 Å². The number of aliphatic hydroxyl groups is 1. The fourth-order valence-corrected chi connectivity index (χ4v) is 2.79. The van der Waals surface area contributed by atoms with Gasteiger partial charge in [-0.1, -0.05) is 12.1 Å². The first-order chi connectivity index (χ1) is 11.2. The quantitative estimate of drug-likeness (QED) is 0.890. The summed E-state index contributed by atoms with van der Waals surface area (Å²) in [7, 11) is 0. The molecule has 0 radical (unpaired) electrons. The third-order valence-corrected chi connectivity index (χ3v) is 4.03. The minimum absolute atomic E-state index is 0.128. The van der Waals surface area contributed by atoms with E-state index in [1.165, 1.54) is 0 Å². The lowest BCUT2D eigenvalue weighted by atomic mass is 10.1. The van der Waals surface area contributed by atoms with Crippen LogP contribution in [0.2, 0.25) is 0 Å². The predicted octanol–water partition coefficient (Wildman–Crippen LogP) is 2.76. The number of nitrogens with zero attached hydrogens (tertiary/aromatic N) is 1. The van der Waals surface area contributed by atoms with E-state index in [-0.39, 0.29) is 11.8 Å². The highest BCUT2D eigenvalue weighted by Gasteiger charge is 2.31. The summed E-state index contributed by atoms with van der Waals surface area (Å²) in [6.45, 7) is 0.375. The number of ether oxygens (including phenoxy) is 1. The van der Waals surface area contributed by atoms with Crippen molar-refractivity contribution in [3.63, 3.8) is 0 Å². The normalized spacial score (nSPS) is 20.2. The van der Waals surface area contributed by atoms with Gasteiger partial charge in [-0.15, -0.1) is 0 Å². The van der Waals surface area contributed by atoms with Gasteiger partial charge >= 0.3 is 0 Å². The first-order valence-electron chi connectivity index (χ1n) is 7.84. The van der Waals surface area contributed by atoms with E-state index in [4.69, 9.17) is 4.74 Å². The molecule has 5 nitrogen and oxygen atoms in total. The second-order valence-corrected chi connectivity index (χ2v) is 5.73. The number of pyridine rings is 1. The average Bonchev–Trinajstić information content (AvgIpc) is 3.00. The van der Waals surface area contributed by atoms with E-state index in [1.54, 1.807) is 12.3 Å². The highest BCUT2D eigenvalue weighted by molar-refractivity contribution is 5.93. The zero-order chi connectivity index (χ0) is 16.1. The van der Waals surface area contributed by atoms with E-state index in [1.807, 2.05) is 36.4 Å². The molecule has 23 heavy (non-hydrogen) atoms. The highest BCUT2D eigenvalue weighted by Crippen LogP contribution is 2.27. The molecule has 0 spiro atoms. The average molecular weight is 312 g/mol. The molecule has 2 aromatic rings. The maximum atomic E-state index is 12.2. The van der Waals surface area contributed by atoms with Gasteiger partial charge in [0.05, 0.1) is 17.7 Å². The third-order valence-electron chi connectivity index (χ3n) is 4.03. The zero-order valence-corrected chi connectivity index (χ0v) is 12.8. The predicted molar refractivity (Wildman–Crippen MR) is 87.0 cm³/mol. The monoisotopic (exact) mass is 312 g/mol. The van der Waals surface area contributed by atoms with Crippen LogP contribution in [0.3, 0.4) is 0 Å². The number of aliphatic hydroxyl groups excluding tert-OH is 1. The van der Waals surface area contributed by atoms with E-state index in [2.05, 4.69) is 10.3 Å². The summed E-state index contributed by atoms with van der Waals surface area (Å²) in [5.74, 6) is 0.227. The van der Waals surface area contributed by atoms with Gasteiger partial charge in [-0.05, 0) is 43.5 Å². The fraction of sp³-hybridized carbons (Fsp3) is 0.333. The molecule has 120 valence electrons. The first-order valence-corrected chi connectivity index (χ1v) is 7.84. The van der Waals surface area contributed by atoms with Crippen molar-refractivity contribution in [3.05, 3.63) is 54.4 Å². The Labute approximate surface area is 135 Å². The molecule has 0 saturated heterocycles. The number of hydrogen-bond donors (Lipinski definition) is 2. The molecule has 1 fully saturated rings. The molecule has 1 heterocycles. The first kappa shape index (κ1) is 15.5. The van der Waals surface area contributed by atoms with Gasteiger partial charge in [0.25, 0.3) is 0 Å². The number of hydrogen-bond acceptors (Lipinski definition) is 4. The molecule has 1 aliphatic carbocycles. The molecule has 3 rings (SSSR count). The summed E-state index contributed by atoms with van der Waals surface area (Å²) in [5, 5.41) is 12.7. The number of anilines is 1. The lowest BCUT2D eigenvalue weighted by molar-refractivity contribution is -0.122. The van der Waals surface area contributed by atoms with Crippen molar-refractivity contribution in [2.24, 2.45) is 5.92 Å². The van der Waals surface area contributed by atoms with Crippen LogP contribution in [0.4, 0.5) is 5.69 Å².